The largest absolute Gasteiger partial charge is 0.456 e. The first-order chi connectivity index (χ1) is 19.9. The van der Waals surface area contributed by atoms with E-state index in [9.17, 15) is 0 Å². The van der Waals surface area contributed by atoms with Gasteiger partial charge in [-0.15, -0.1) is 0 Å². The Hall–Kier alpha value is -5.22. The Bertz CT molecular complexity index is 2350. The zero-order valence-corrected chi connectivity index (χ0v) is 21.5. The average Bonchev–Trinajstić information content (AvgIpc) is 3.54. The van der Waals surface area contributed by atoms with E-state index in [4.69, 9.17) is 4.42 Å². The van der Waals surface area contributed by atoms with Gasteiger partial charge in [-0.25, -0.2) is 0 Å². The van der Waals surface area contributed by atoms with Crippen LogP contribution in [0, 0.1) is 0 Å². The lowest BCUT2D eigenvalue weighted by Crippen LogP contribution is -2.60. The van der Waals surface area contributed by atoms with Crippen LogP contribution in [0.4, 0.5) is 17.1 Å². The molecule has 0 aliphatic carbocycles. The second-order valence-electron chi connectivity index (χ2n) is 10.9. The molecule has 0 radical (unpaired) electrons. The Morgan fingerprint density at radius 1 is 0.500 bits per heavy atom. The minimum atomic E-state index is 0.159. The summed E-state index contributed by atoms with van der Waals surface area (Å²) in [6, 6.07) is 46.2. The summed E-state index contributed by atoms with van der Waals surface area (Å²) < 4.78 is 8.84. The fraction of sp³-hybridized carbons (Fsp3) is 0. The van der Waals surface area contributed by atoms with Gasteiger partial charge in [0, 0.05) is 49.8 Å². The molecule has 40 heavy (non-hydrogen) atoms. The van der Waals surface area contributed by atoms with Crippen LogP contribution < -0.4 is 21.3 Å². The molecule has 0 spiro atoms. The van der Waals surface area contributed by atoms with Crippen molar-refractivity contribution in [3.8, 4) is 5.69 Å². The summed E-state index contributed by atoms with van der Waals surface area (Å²) in [6.07, 6.45) is 0. The average molecular weight is 508 g/mol. The van der Waals surface area contributed by atoms with Crippen molar-refractivity contribution < 1.29 is 4.42 Å². The highest BCUT2D eigenvalue weighted by Crippen LogP contribution is 2.42. The molecule has 8 aromatic rings. The van der Waals surface area contributed by atoms with Gasteiger partial charge >= 0.3 is 0 Å². The third kappa shape index (κ3) is 2.43. The second-order valence-corrected chi connectivity index (χ2v) is 10.9. The molecule has 4 heterocycles. The summed E-state index contributed by atoms with van der Waals surface area (Å²) in [5.74, 6) is 0. The standard InChI is InChI=1S/C36H21BN2O/c1-2-10-22(11-3-1)38-29-16-6-5-14-27(29)37-28-15-8-13-24-25-21-34-26(23-12-4-7-19-33(23)40-34)20-32(25)39(36(24)28)31-18-9-17-30(38)35(31)37/h1-21H. The van der Waals surface area contributed by atoms with Crippen molar-refractivity contribution in [1.29, 1.82) is 0 Å². The van der Waals surface area contributed by atoms with Crippen molar-refractivity contribution in [2.24, 2.45) is 0 Å². The second kappa shape index (κ2) is 7.25. The fourth-order valence-electron chi connectivity index (χ4n) is 7.42. The maximum Gasteiger partial charge on any atom is 0.252 e. The highest BCUT2D eigenvalue weighted by atomic mass is 16.3. The van der Waals surface area contributed by atoms with Crippen LogP contribution in [-0.2, 0) is 0 Å². The molecule has 0 unspecified atom stereocenters. The van der Waals surface area contributed by atoms with Gasteiger partial charge in [0.25, 0.3) is 6.71 Å². The van der Waals surface area contributed by atoms with Crippen LogP contribution in [0.15, 0.2) is 132 Å². The number of anilines is 3. The first kappa shape index (κ1) is 20.7. The van der Waals surface area contributed by atoms with Crippen molar-refractivity contribution >= 4 is 83.9 Å². The van der Waals surface area contributed by atoms with Crippen molar-refractivity contribution in [1.82, 2.24) is 4.57 Å². The number of aromatic nitrogens is 1. The molecule has 2 aromatic heterocycles. The van der Waals surface area contributed by atoms with E-state index in [0.717, 1.165) is 21.9 Å². The van der Waals surface area contributed by atoms with Gasteiger partial charge < -0.3 is 13.9 Å². The first-order valence-corrected chi connectivity index (χ1v) is 13.8. The SMILES string of the molecule is c1ccc(N2c3ccccc3B3c4c2cccc4-n2c4cc5c(cc4c4cccc3c42)oc2ccccc25)cc1. The molecule has 4 heteroatoms. The third-order valence-corrected chi connectivity index (χ3v) is 8.96. The van der Waals surface area contributed by atoms with E-state index in [1.54, 1.807) is 0 Å². The van der Waals surface area contributed by atoms with Crippen LogP contribution in [0.1, 0.15) is 0 Å². The Morgan fingerprint density at radius 3 is 2.17 bits per heavy atom. The summed E-state index contributed by atoms with van der Waals surface area (Å²) in [6.45, 7) is 0.159. The number of hydrogen-bond acceptors (Lipinski definition) is 2. The first-order valence-electron chi connectivity index (χ1n) is 13.8. The molecular weight excluding hydrogens is 487 g/mol. The van der Waals surface area contributed by atoms with E-state index in [-0.39, 0.29) is 6.71 Å². The van der Waals surface area contributed by atoms with Gasteiger partial charge in [-0.2, -0.15) is 0 Å². The smallest absolute Gasteiger partial charge is 0.252 e. The van der Waals surface area contributed by atoms with Gasteiger partial charge in [-0.05, 0) is 64.9 Å². The van der Waals surface area contributed by atoms with Crippen molar-refractivity contribution in [2.45, 2.75) is 0 Å². The number of rotatable bonds is 1. The summed E-state index contributed by atoms with van der Waals surface area (Å²) in [4.78, 5) is 2.43. The Balaban J connectivity index is 1.39. The van der Waals surface area contributed by atoms with Gasteiger partial charge in [0.15, 0.2) is 0 Å². The molecule has 184 valence electrons. The zero-order valence-electron chi connectivity index (χ0n) is 21.5. The highest BCUT2D eigenvalue weighted by molar-refractivity contribution is 7.00. The zero-order chi connectivity index (χ0) is 25.9. The number of hydrogen-bond donors (Lipinski definition) is 0. The van der Waals surface area contributed by atoms with Crippen LogP contribution >= 0.6 is 0 Å². The molecule has 2 aliphatic rings. The number of para-hydroxylation sites is 4. The van der Waals surface area contributed by atoms with Crippen molar-refractivity contribution in [3.63, 3.8) is 0 Å². The molecule has 0 amide bonds. The van der Waals surface area contributed by atoms with Gasteiger partial charge in [0.1, 0.15) is 11.2 Å². The Labute approximate surface area is 230 Å². The molecule has 0 N–H and O–H groups in total. The molecule has 0 bridgehead atoms. The summed E-state index contributed by atoms with van der Waals surface area (Å²) >= 11 is 0. The molecule has 10 rings (SSSR count). The van der Waals surface area contributed by atoms with E-state index in [2.05, 4.69) is 131 Å². The quantitative estimate of drug-likeness (QED) is 0.217. The van der Waals surface area contributed by atoms with Gasteiger partial charge in [-0.3, -0.25) is 0 Å². The van der Waals surface area contributed by atoms with E-state index in [1.807, 2.05) is 6.07 Å². The van der Waals surface area contributed by atoms with Crippen molar-refractivity contribution in [2.75, 3.05) is 4.90 Å². The highest BCUT2D eigenvalue weighted by Gasteiger charge is 2.41. The minimum absolute atomic E-state index is 0.159. The maximum absolute atomic E-state index is 6.33. The van der Waals surface area contributed by atoms with E-state index >= 15 is 0 Å². The van der Waals surface area contributed by atoms with Crippen LogP contribution in [0.2, 0.25) is 0 Å². The third-order valence-electron chi connectivity index (χ3n) is 8.96. The molecule has 3 nitrogen and oxygen atoms in total. The van der Waals surface area contributed by atoms with Gasteiger partial charge in [0.05, 0.1) is 5.52 Å². The van der Waals surface area contributed by atoms with Gasteiger partial charge in [-0.1, -0.05) is 78.9 Å². The maximum atomic E-state index is 6.33. The molecule has 0 saturated carbocycles. The molecular formula is C36H21BN2O. The molecule has 0 fully saturated rings. The van der Waals surface area contributed by atoms with Crippen LogP contribution in [0.3, 0.4) is 0 Å². The minimum Gasteiger partial charge on any atom is -0.456 e. The van der Waals surface area contributed by atoms with Crippen LogP contribution in [-0.4, -0.2) is 11.3 Å². The summed E-state index contributed by atoms with van der Waals surface area (Å²) in [7, 11) is 0. The topological polar surface area (TPSA) is 21.3 Å². The van der Waals surface area contributed by atoms with Gasteiger partial charge in [0.2, 0.25) is 0 Å². The monoisotopic (exact) mass is 508 g/mol. The van der Waals surface area contributed by atoms with E-state index in [0.29, 0.717) is 0 Å². The van der Waals surface area contributed by atoms with E-state index in [1.165, 1.54) is 60.9 Å². The Morgan fingerprint density at radius 2 is 1.23 bits per heavy atom. The summed E-state index contributed by atoms with van der Waals surface area (Å²) in [5, 5.41) is 4.82. The van der Waals surface area contributed by atoms with E-state index < -0.39 is 0 Å². The molecule has 0 saturated heterocycles. The normalized spacial score (nSPS) is 13.4. The predicted molar refractivity (Wildman–Crippen MR) is 167 cm³/mol. The lowest BCUT2D eigenvalue weighted by atomic mass is 9.34. The molecule has 0 atom stereocenters. The lowest BCUT2D eigenvalue weighted by Gasteiger charge is -2.40. The number of furan rings is 1. The number of nitrogens with zero attached hydrogens (tertiary/aromatic N) is 2. The number of benzene rings is 6. The lowest BCUT2D eigenvalue weighted by molar-refractivity contribution is 0.669. The fourth-order valence-corrected chi connectivity index (χ4v) is 7.42. The van der Waals surface area contributed by atoms with Crippen LogP contribution in [0.5, 0.6) is 0 Å². The predicted octanol–water partition coefficient (Wildman–Crippen LogP) is 7.30. The summed E-state index contributed by atoms with van der Waals surface area (Å²) in [5.41, 5.74) is 13.4. The number of fused-ring (bicyclic) bond motifs is 10. The Kier molecular flexibility index (Phi) is 3.75. The van der Waals surface area contributed by atoms with Crippen molar-refractivity contribution in [3.05, 3.63) is 127 Å². The molecule has 6 aromatic carbocycles. The van der Waals surface area contributed by atoms with Crippen LogP contribution in [0.25, 0.3) is 49.4 Å². The molecule has 2 aliphatic heterocycles.